The van der Waals surface area contributed by atoms with Crippen LogP contribution in [0.25, 0.3) is 0 Å². The zero-order chi connectivity index (χ0) is 12.9. The molecule has 0 aromatic carbocycles. The van der Waals surface area contributed by atoms with E-state index in [1.165, 1.54) is 0 Å². The molecule has 3 heteroatoms. The van der Waals surface area contributed by atoms with E-state index in [1.807, 2.05) is 0 Å². The fourth-order valence-electron chi connectivity index (χ4n) is 2.82. The van der Waals surface area contributed by atoms with Gasteiger partial charge in [-0.15, -0.1) is 6.58 Å². The van der Waals surface area contributed by atoms with Crippen LogP contribution in [0, 0.1) is 0 Å². The summed E-state index contributed by atoms with van der Waals surface area (Å²) in [5.74, 6) is 0. The Morgan fingerprint density at radius 2 is 1.31 bits per heavy atom. The summed E-state index contributed by atoms with van der Waals surface area (Å²) in [6.45, 7) is 22.4. The number of hydrogen-bond acceptors (Lipinski definition) is 2. The van der Waals surface area contributed by atoms with Crippen LogP contribution in [0.2, 0.25) is 6.55 Å². The van der Waals surface area contributed by atoms with E-state index in [0.29, 0.717) is 12.1 Å². The fraction of sp³-hybridized carbons (Fsp3) is 0.846. The number of nitrogens with zero attached hydrogens (tertiary/aromatic N) is 2. The molecule has 0 aliphatic carbocycles. The molecule has 0 bridgehead atoms. The molecule has 0 amide bonds. The Balaban J connectivity index is 5.20. The van der Waals surface area contributed by atoms with Gasteiger partial charge in [-0.1, -0.05) is 47.2 Å². The van der Waals surface area contributed by atoms with Crippen LogP contribution in [0.5, 0.6) is 0 Å². The summed E-state index contributed by atoms with van der Waals surface area (Å²) in [5, 5.41) is 0. The van der Waals surface area contributed by atoms with E-state index in [-0.39, 0.29) is 0 Å². The Morgan fingerprint density at radius 3 is 1.44 bits per heavy atom. The Labute approximate surface area is 103 Å². The maximum absolute atomic E-state index is 4.11. The third kappa shape index (κ3) is 3.19. The highest BCUT2D eigenvalue weighted by Crippen LogP contribution is 2.21. The molecule has 2 nitrogen and oxygen atoms in total. The van der Waals surface area contributed by atoms with Gasteiger partial charge in [0.1, 0.15) is 0 Å². The van der Waals surface area contributed by atoms with Crippen molar-refractivity contribution < 1.29 is 0 Å². The fourth-order valence-corrected chi connectivity index (χ4v) is 6.99. The van der Waals surface area contributed by atoms with Gasteiger partial charge in [-0.05, 0) is 31.7 Å². The van der Waals surface area contributed by atoms with Crippen LogP contribution >= 0.6 is 0 Å². The average molecular weight is 242 g/mol. The van der Waals surface area contributed by atoms with Crippen LogP contribution in [0.15, 0.2) is 12.3 Å². The van der Waals surface area contributed by atoms with Gasteiger partial charge in [0.15, 0.2) is 0 Å². The average Bonchev–Trinajstić information content (AvgIpc) is 2.18. The molecule has 0 aromatic rings. The van der Waals surface area contributed by atoms with Crippen molar-refractivity contribution in [1.82, 2.24) is 9.13 Å². The lowest BCUT2D eigenvalue weighted by Crippen LogP contribution is -2.66. The molecular formula is C13H30N2Si. The molecule has 0 radical (unpaired) electrons. The highest BCUT2D eigenvalue weighted by Gasteiger charge is 2.39. The highest BCUT2D eigenvalue weighted by atomic mass is 28.3. The molecule has 96 valence electrons. The van der Waals surface area contributed by atoms with Gasteiger partial charge >= 0.3 is 0 Å². The highest BCUT2D eigenvalue weighted by molar-refractivity contribution is 6.78. The standard InChI is InChI=1S/C13H30N2Si/c1-9-14(12(4)5)16(8,11-3)15(10-2)13(6)7/h11-13H,3,9-10H2,1-2,4-8H3. The lowest BCUT2D eigenvalue weighted by Gasteiger charge is -2.48. The molecule has 0 atom stereocenters. The van der Waals surface area contributed by atoms with Gasteiger partial charge in [0, 0.05) is 0 Å². The van der Waals surface area contributed by atoms with Crippen molar-refractivity contribution in [2.75, 3.05) is 13.1 Å². The monoisotopic (exact) mass is 242 g/mol. The predicted octanol–water partition coefficient (Wildman–Crippen LogP) is 3.24. The number of hydrogen-bond donors (Lipinski definition) is 0. The molecule has 16 heavy (non-hydrogen) atoms. The molecule has 0 N–H and O–H groups in total. The van der Waals surface area contributed by atoms with Crippen LogP contribution in [0.4, 0.5) is 0 Å². The van der Waals surface area contributed by atoms with E-state index in [4.69, 9.17) is 0 Å². The first-order valence-corrected chi connectivity index (χ1v) is 8.99. The van der Waals surface area contributed by atoms with Crippen molar-refractivity contribution >= 4 is 8.40 Å². The molecule has 0 saturated heterocycles. The van der Waals surface area contributed by atoms with Gasteiger partial charge in [0.2, 0.25) is 8.40 Å². The van der Waals surface area contributed by atoms with E-state index < -0.39 is 8.40 Å². The second kappa shape index (κ2) is 6.57. The van der Waals surface area contributed by atoms with Gasteiger partial charge in [0.05, 0.1) is 0 Å². The topological polar surface area (TPSA) is 6.48 Å². The van der Waals surface area contributed by atoms with Crippen LogP contribution in [-0.2, 0) is 0 Å². The van der Waals surface area contributed by atoms with Crippen LogP contribution in [0.1, 0.15) is 41.5 Å². The Hall–Kier alpha value is -0.123. The zero-order valence-electron chi connectivity index (χ0n) is 12.2. The van der Waals surface area contributed by atoms with Crippen molar-refractivity contribution in [1.29, 1.82) is 0 Å². The second-order valence-corrected chi connectivity index (χ2v) is 8.80. The lowest BCUT2D eigenvalue weighted by molar-refractivity contribution is 0.280. The maximum atomic E-state index is 4.11. The molecular weight excluding hydrogens is 212 g/mol. The summed E-state index contributed by atoms with van der Waals surface area (Å²) in [6.07, 6.45) is 0. The first kappa shape index (κ1) is 15.9. The molecule has 0 aliphatic rings. The van der Waals surface area contributed by atoms with Gasteiger partial charge in [-0.2, -0.15) is 0 Å². The summed E-state index contributed by atoms with van der Waals surface area (Å²) in [5.41, 5.74) is 2.22. The van der Waals surface area contributed by atoms with Crippen LogP contribution in [-0.4, -0.2) is 42.7 Å². The van der Waals surface area contributed by atoms with Crippen LogP contribution < -0.4 is 0 Å². The molecule has 0 spiro atoms. The van der Waals surface area contributed by atoms with E-state index >= 15 is 0 Å². The van der Waals surface area contributed by atoms with Crippen molar-refractivity contribution in [3.63, 3.8) is 0 Å². The van der Waals surface area contributed by atoms with E-state index in [2.05, 4.69) is 69.5 Å². The van der Waals surface area contributed by atoms with Crippen molar-refractivity contribution in [2.45, 2.75) is 60.2 Å². The minimum absolute atomic E-state index is 0.590. The smallest absolute Gasteiger partial charge is 0.228 e. The molecule has 0 saturated carbocycles. The Kier molecular flexibility index (Phi) is 6.52. The third-order valence-corrected chi connectivity index (χ3v) is 8.24. The second-order valence-electron chi connectivity index (χ2n) is 5.06. The largest absolute Gasteiger partial charge is 0.307 e. The molecule has 0 fully saturated rings. The summed E-state index contributed by atoms with van der Waals surface area (Å²) >= 11 is 0. The zero-order valence-corrected chi connectivity index (χ0v) is 13.2. The van der Waals surface area contributed by atoms with Crippen molar-refractivity contribution in [3.05, 3.63) is 12.3 Å². The molecule has 0 aliphatic heterocycles. The molecule has 0 aromatic heterocycles. The Morgan fingerprint density at radius 1 is 1.00 bits per heavy atom. The van der Waals surface area contributed by atoms with E-state index in [0.717, 1.165) is 13.1 Å². The van der Waals surface area contributed by atoms with E-state index in [1.54, 1.807) is 0 Å². The van der Waals surface area contributed by atoms with Crippen molar-refractivity contribution in [2.24, 2.45) is 0 Å². The lowest BCUT2D eigenvalue weighted by atomic mass is 10.4. The first-order valence-electron chi connectivity index (χ1n) is 6.52. The quantitative estimate of drug-likeness (QED) is 0.632. The Bertz CT molecular complexity index is 198. The maximum Gasteiger partial charge on any atom is 0.228 e. The van der Waals surface area contributed by atoms with Gasteiger partial charge in [-0.25, -0.2) is 0 Å². The summed E-state index contributed by atoms with van der Waals surface area (Å²) in [6, 6.07) is 1.18. The van der Waals surface area contributed by atoms with E-state index in [9.17, 15) is 0 Å². The normalized spacial score (nSPS) is 13.2. The van der Waals surface area contributed by atoms with Gasteiger partial charge in [0.25, 0.3) is 0 Å². The molecule has 0 heterocycles. The SMILES string of the molecule is C=C[Si](C)(N(CC)C(C)C)N(CC)C(C)C. The predicted molar refractivity (Wildman–Crippen MR) is 76.8 cm³/mol. The summed E-state index contributed by atoms with van der Waals surface area (Å²) in [4.78, 5) is 0. The molecule has 0 unspecified atom stereocenters. The summed E-state index contributed by atoms with van der Waals surface area (Å²) in [7, 11) is -1.68. The molecule has 0 rings (SSSR count). The summed E-state index contributed by atoms with van der Waals surface area (Å²) < 4.78 is 5.26. The van der Waals surface area contributed by atoms with Crippen molar-refractivity contribution in [3.8, 4) is 0 Å². The third-order valence-electron chi connectivity index (χ3n) is 3.48. The first-order chi connectivity index (χ1) is 7.34. The minimum Gasteiger partial charge on any atom is -0.307 e. The van der Waals surface area contributed by atoms with Gasteiger partial charge in [-0.3, -0.25) is 0 Å². The van der Waals surface area contributed by atoms with Gasteiger partial charge < -0.3 is 9.13 Å². The number of rotatable bonds is 7. The minimum atomic E-state index is -1.68. The van der Waals surface area contributed by atoms with Crippen LogP contribution in [0.3, 0.4) is 0 Å².